The molecular weight excluding hydrogens is 158 g/mol. The Kier molecular flexibility index (Phi) is 8.68. The molecule has 0 aliphatic heterocycles. The van der Waals surface area contributed by atoms with Gasteiger partial charge in [0.05, 0.1) is 13.4 Å². The molecule has 0 saturated heterocycles. The van der Waals surface area contributed by atoms with Crippen molar-refractivity contribution in [1.29, 1.82) is 0 Å². The first-order chi connectivity index (χ1) is 4.41. The zero-order valence-corrected chi connectivity index (χ0v) is 7.10. The van der Waals surface area contributed by atoms with Gasteiger partial charge in [-0.3, -0.25) is 4.55 Å². The number of hydrogen-bond acceptors (Lipinski definition) is 4. The van der Waals surface area contributed by atoms with E-state index in [0.29, 0.717) is 6.26 Å². The first-order valence-corrected chi connectivity index (χ1v) is 4.45. The van der Waals surface area contributed by atoms with Crippen molar-refractivity contribution in [2.75, 3.05) is 19.9 Å². The summed E-state index contributed by atoms with van der Waals surface area (Å²) in [7, 11) is -2.07. The molecule has 0 amide bonds. The van der Waals surface area contributed by atoms with Gasteiger partial charge in [-0.15, -0.1) is 0 Å². The molecule has 0 radical (unpaired) electrons. The van der Waals surface area contributed by atoms with E-state index in [1.54, 1.807) is 7.11 Å². The predicted molar refractivity (Wildman–Crippen MR) is 38.2 cm³/mol. The molecule has 2 N–H and O–H groups in total. The van der Waals surface area contributed by atoms with Crippen molar-refractivity contribution in [3.63, 3.8) is 0 Å². The SMILES string of the molecule is CCNOC.CS(=O)(=O)O. The largest absolute Gasteiger partial charge is 0.305 e. The zero-order valence-electron chi connectivity index (χ0n) is 6.29. The quantitative estimate of drug-likeness (QED) is 0.439. The molecule has 0 atom stereocenters. The van der Waals surface area contributed by atoms with Gasteiger partial charge in [0.25, 0.3) is 10.1 Å². The van der Waals surface area contributed by atoms with E-state index in [0.717, 1.165) is 6.54 Å². The lowest BCUT2D eigenvalue weighted by Crippen LogP contribution is -2.08. The van der Waals surface area contributed by atoms with Crippen LogP contribution < -0.4 is 5.48 Å². The van der Waals surface area contributed by atoms with Gasteiger partial charge in [0.15, 0.2) is 0 Å². The third-order valence-electron chi connectivity index (χ3n) is 0.289. The van der Waals surface area contributed by atoms with Crippen molar-refractivity contribution >= 4 is 10.1 Å². The first kappa shape index (κ1) is 12.5. The molecule has 0 bridgehead atoms. The number of hydrogen-bond donors (Lipinski definition) is 2. The second-order valence-corrected chi connectivity index (χ2v) is 2.90. The van der Waals surface area contributed by atoms with E-state index in [9.17, 15) is 8.42 Å². The molecule has 64 valence electrons. The Bertz CT molecular complexity index is 131. The van der Waals surface area contributed by atoms with Gasteiger partial charge in [0.2, 0.25) is 0 Å². The Hall–Kier alpha value is -0.170. The molecule has 0 aromatic carbocycles. The molecule has 0 aliphatic rings. The molecule has 6 heteroatoms. The molecule has 10 heavy (non-hydrogen) atoms. The average Bonchev–Trinajstić information content (AvgIpc) is 1.63. The third-order valence-corrected chi connectivity index (χ3v) is 0.289. The van der Waals surface area contributed by atoms with Crippen molar-refractivity contribution in [3.8, 4) is 0 Å². The van der Waals surface area contributed by atoms with Gasteiger partial charge in [-0.05, 0) is 0 Å². The van der Waals surface area contributed by atoms with Crippen LogP contribution in [0.5, 0.6) is 0 Å². The summed E-state index contributed by atoms with van der Waals surface area (Å²) in [6, 6.07) is 0. The molecule has 0 rings (SSSR count). The smallest absolute Gasteiger partial charge is 0.261 e. The van der Waals surface area contributed by atoms with E-state index in [4.69, 9.17) is 4.55 Å². The van der Waals surface area contributed by atoms with Gasteiger partial charge in [-0.1, -0.05) is 6.92 Å². The Morgan fingerprint density at radius 1 is 1.60 bits per heavy atom. The van der Waals surface area contributed by atoms with Gasteiger partial charge < -0.3 is 4.84 Å². The standard InChI is InChI=1S/C3H9NO.CH4O3S/c1-3-4-5-2;1-5(2,3)4/h4H,3H2,1-2H3;1H3,(H,2,3,4). The molecule has 0 aromatic rings. The normalized spacial score (nSPS) is 10.0. The zero-order chi connectivity index (χ0) is 8.62. The van der Waals surface area contributed by atoms with E-state index in [1.165, 1.54) is 0 Å². The third kappa shape index (κ3) is 109. The summed E-state index contributed by atoms with van der Waals surface area (Å²) in [5.74, 6) is 0. The molecule has 5 nitrogen and oxygen atoms in total. The molecule has 0 spiro atoms. The second-order valence-electron chi connectivity index (χ2n) is 1.44. The summed E-state index contributed by atoms with van der Waals surface area (Å²) in [5.41, 5.74) is 2.61. The van der Waals surface area contributed by atoms with Crippen molar-refractivity contribution in [3.05, 3.63) is 0 Å². The maximum atomic E-state index is 9.19. The van der Waals surface area contributed by atoms with E-state index < -0.39 is 10.1 Å². The Morgan fingerprint density at radius 2 is 1.90 bits per heavy atom. The van der Waals surface area contributed by atoms with Gasteiger partial charge in [-0.25, -0.2) is 5.48 Å². The van der Waals surface area contributed by atoms with Gasteiger partial charge in [-0.2, -0.15) is 8.42 Å². The summed E-state index contributed by atoms with van der Waals surface area (Å²) in [6.45, 7) is 2.85. The van der Waals surface area contributed by atoms with E-state index in [1.807, 2.05) is 6.92 Å². The van der Waals surface area contributed by atoms with Crippen LogP contribution in [0.1, 0.15) is 6.92 Å². The van der Waals surface area contributed by atoms with Crippen LogP contribution in [0.4, 0.5) is 0 Å². The van der Waals surface area contributed by atoms with Gasteiger partial charge >= 0.3 is 0 Å². The summed E-state index contributed by atoms with van der Waals surface area (Å²) < 4.78 is 25.9. The fourth-order valence-corrected chi connectivity index (χ4v) is 0.144. The van der Waals surface area contributed by atoms with E-state index in [-0.39, 0.29) is 0 Å². The van der Waals surface area contributed by atoms with Gasteiger partial charge in [0, 0.05) is 6.54 Å². The summed E-state index contributed by atoms with van der Waals surface area (Å²) in [6.07, 6.45) is 0.715. The minimum absolute atomic E-state index is 0.715. The lowest BCUT2D eigenvalue weighted by molar-refractivity contribution is 0.0962. The van der Waals surface area contributed by atoms with Crippen LogP contribution in [0.2, 0.25) is 0 Å². The van der Waals surface area contributed by atoms with Crippen molar-refractivity contribution in [2.45, 2.75) is 6.92 Å². The van der Waals surface area contributed by atoms with Crippen molar-refractivity contribution in [2.24, 2.45) is 0 Å². The number of nitrogens with one attached hydrogen (secondary N) is 1. The van der Waals surface area contributed by atoms with Crippen LogP contribution in [0.3, 0.4) is 0 Å². The van der Waals surface area contributed by atoms with Gasteiger partial charge in [0.1, 0.15) is 0 Å². The van der Waals surface area contributed by atoms with Crippen LogP contribution in [-0.2, 0) is 15.0 Å². The van der Waals surface area contributed by atoms with Crippen LogP contribution in [0.15, 0.2) is 0 Å². The highest BCUT2D eigenvalue weighted by atomic mass is 32.2. The lowest BCUT2D eigenvalue weighted by Gasteiger charge is -1.88. The predicted octanol–water partition coefficient (Wildman–Crippen LogP) is -0.339. The second kappa shape index (κ2) is 6.94. The van der Waals surface area contributed by atoms with Crippen LogP contribution in [0, 0.1) is 0 Å². The fraction of sp³-hybridized carbons (Fsp3) is 1.00. The highest BCUT2D eigenvalue weighted by Gasteiger charge is 1.81. The molecule has 0 aromatic heterocycles. The lowest BCUT2D eigenvalue weighted by atomic mass is 10.8. The minimum atomic E-state index is -3.67. The highest BCUT2D eigenvalue weighted by Crippen LogP contribution is 1.60. The molecule has 0 heterocycles. The fourth-order valence-electron chi connectivity index (χ4n) is 0.144. The van der Waals surface area contributed by atoms with Crippen molar-refractivity contribution < 1.29 is 17.8 Å². The average molecular weight is 171 g/mol. The number of rotatable bonds is 2. The first-order valence-electron chi connectivity index (χ1n) is 2.60. The van der Waals surface area contributed by atoms with E-state index >= 15 is 0 Å². The Morgan fingerprint density at radius 3 is 1.90 bits per heavy atom. The molecule has 0 aliphatic carbocycles. The molecule has 0 unspecified atom stereocenters. The molecular formula is C4H13NO4S. The Balaban J connectivity index is 0. The maximum Gasteiger partial charge on any atom is 0.261 e. The van der Waals surface area contributed by atoms with Crippen LogP contribution in [-0.4, -0.2) is 32.9 Å². The molecule has 0 saturated carbocycles. The summed E-state index contributed by atoms with van der Waals surface area (Å²) >= 11 is 0. The summed E-state index contributed by atoms with van der Waals surface area (Å²) in [4.78, 5) is 4.44. The van der Waals surface area contributed by atoms with Crippen LogP contribution in [0.25, 0.3) is 0 Å². The summed E-state index contributed by atoms with van der Waals surface area (Å²) in [5, 5.41) is 0. The van der Waals surface area contributed by atoms with E-state index in [2.05, 4.69) is 10.3 Å². The van der Waals surface area contributed by atoms with Crippen LogP contribution >= 0.6 is 0 Å². The maximum absolute atomic E-state index is 9.19. The monoisotopic (exact) mass is 171 g/mol. The van der Waals surface area contributed by atoms with Crippen molar-refractivity contribution in [1.82, 2.24) is 5.48 Å². The Labute approximate surface area is 61.1 Å². The highest BCUT2D eigenvalue weighted by molar-refractivity contribution is 7.85. The minimum Gasteiger partial charge on any atom is -0.305 e. The topological polar surface area (TPSA) is 75.6 Å². The number of hydroxylamine groups is 1. The molecule has 0 fully saturated rings.